The highest BCUT2D eigenvalue weighted by atomic mass is 35.5. The molecule has 1 aromatic heterocycles. The number of quaternary nitrogens is 1. The second-order valence-corrected chi connectivity index (χ2v) is 8.26. The zero-order valence-corrected chi connectivity index (χ0v) is 18.2. The summed E-state index contributed by atoms with van der Waals surface area (Å²) in [6.07, 6.45) is 0. The van der Waals surface area contributed by atoms with Gasteiger partial charge in [0.2, 0.25) is 0 Å². The van der Waals surface area contributed by atoms with Crippen molar-refractivity contribution in [3.05, 3.63) is 76.3 Å². The molecule has 4 aromatic rings. The third-order valence-corrected chi connectivity index (χ3v) is 5.34. The molecule has 0 unspecified atom stereocenters. The molecule has 0 spiro atoms. The summed E-state index contributed by atoms with van der Waals surface area (Å²) in [7, 11) is 4.24. The number of H-pyrrole nitrogens is 1. The van der Waals surface area contributed by atoms with E-state index in [-0.39, 0.29) is 11.6 Å². The third-order valence-electron chi connectivity index (χ3n) is 5.03. The van der Waals surface area contributed by atoms with E-state index >= 15 is 0 Å². The Morgan fingerprint density at radius 3 is 2.55 bits per heavy atom. The Bertz CT molecular complexity index is 1260. The molecule has 4 rings (SSSR count). The summed E-state index contributed by atoms with van der Waals surface area (Å²) in [5.74, 6) is -0.603. The highest BCUT2D eigenvalue weighted by Crippen LogP contribution is 2.33. The van der Waals surface area contributed by atoms with Crippen LogP contribution in [-0.2, 0) is 6.54 Å². The topological polar surface area (TPSA) is 79.7 Å². The fraction of sp³-hybridized carbons (Fsp3) is 0.167. The van der Waals surface area contributed by atoms with Crippen LogP contribution in [0.5, 0.6) is 11.8 Å². The van der Waals surface area contributed by atoms with Gasteiger partial charge < -0.3 is 19.7 Å². The number of carboxylic acid groups (broad SMARTS) is 1. The van der Waals surface area contributed by atoms with Gasteiger partial charge in [-0.3, -0.25) is 0 Å². The summed E-state index contributed by atoms with van der Waals surface area (Å²) in [5.41, 5.74) is 5.47. The van der Waals surface area contributed by atoms with Gasteiger partial charge in [-0.05, 0) is 42.3 Å². The molecule has 6 nitrogen and oxygen atoms in total. The second kappa shape index (κ2) is 8.41. The first kappa shape index (κ1) is 20.9. The molecule has 7 heteroatoms. The number of aryl methyl sites for hydroxylation is 1. The van der Waals surface area contributed by atoms with Crippen LogP contribution in [0.1, 0.15) is 21.5 Å². The summed E-state index contributed by atoms with van der Waals surface area (Å²) in [6, 6.07) is 17.3. The van der Waals surface area contributed by atoms with Crippen LogP contribution in [-0.4, -0.2) is 35.1 Å². The molecule has 1 heterocycles. The Labute approximate surface area is 185 Å². The number of imidazole rings is 1. The molecule has 0 aliphatic carbocycles. The van der Waals surface area contributed by atoms with Crippen molar-refractivity contribution in [3.8, 4) is 22.9 Å². The fourth-order valence-electron chi connectivity index (χ4n) is 3.49. The van der Waals surface area contributed by atoms with E-state index in [1.165, 1.54) is 16.5 Å². The first-order valence-electron chi connectivity index (χ1n) is 9.89. The summed E-state index contributed by atoms with van der Waals surface area (Å²) in [6.45, 7) is 2.70. The van der Waals surface area contributed by atoms with Crippen molar-refractivity contribution in [2.24, 2.45) is 0 Å². The van der Waals surface area contributed by atoms with E-state index in [9.17, 15) is 9.90 Å². The maximum Gasteiger partial charge on any atom is 0.336 e. The number of aromatic nitrogens is 2. The average Bonchev–Trinajstić information content (AvgIpc) is 3.10. The van der Waals surface area contributed by atoms with Gasteiger partial charge in [0.25, 0.3) is 6.01 Å². The quantitative estimate of drug-likeness (QED) is 0.420. The fourth-order valence-corrected chi connectivity index (χ4v) is 3.77. The predicted octanol–water partition coefficient (Wildman–Crippen LogP) is 4.33. The van der Waals surface area contributed by atoms with Gasteiger partial charge in [0.1, 0.15) is 12.3 Å². The van der Waals surface area contributed by atoms with Crippen molar-refractivity contribution in [2.75, 3.05) is 14.1 Å². The molecule has 0 aliphatic rings. The van der Waals surface area contributed by atoms with Crippen LogP contribution in [0.3, 0.4) is 0 Å². The zero-order valence-electron chi connectivity index (χ0n) is 17.5. The molecule has 3 aromatic carbocycles. The third kappa shape index (κ3) is 4.55. The molecule has 0 atom stereocenters. The minimum Gasteiger partial charge on any atom is -0.478 e. The molecular weight excluding hydrogens is 414 g/mol. The number of halogens is 1. The number of ether oxygens (including phenoxy) is 1. The average molecular weight is 437 g/mol. The predicted molar refractivity (Wildman–Crippen MR) is 121 cm³/mol. The highest BCUT2D eigenvalue weighted by molar-refractivity contribution is 6.34. The van der Waals surface area contributed by atoms with Crippen LogP contribution in [0.2, 0.25) is 5.02 Å². The minimum atomic E-state index is -0.998. The number of rotatable bonds is 6. The van der Waals surface area contributed by atoms with Crippen LogP contribution in [0.25, 0.3) is 22.2 Å². The van der Waals surface area contributed by atoms with Crippen LogP contribution in [0.4, 0.5) is 0 Å². The number of nitrogens with zero attached hydrogens (tertiary/aromatic N) is 1. The maximum absolute atomic E-state index is 11.4. The second-order valence-electron chi connectivity index (χ2n) is 7.86. The molecule has 0 saturated carbocycles. The van der Waals surface area contributed by atoms with Gasteiger partial charge in [-0.25, -0.2) is 4.79 Å². The van der Waals surface area contributed by atoms with Gasteiger partial charge in [0.05, 0.1) is 35.7 Å². The number of hydrogen-bond acceptors (Lipinski definition) is 3. The number of benzene rings is 3. The van der Waals surface area contributed by atoms with Crippen LogP contribution in [0.15, 0.2) is 54.6 Å². The number of aromatic amines is 1. The molecule has 0 amide bonds. The molecule has 0 bridgehead atoms. The van der Waals surface area contributed by atoms with E-state index in [1.54, 1.807) is 19.1 Å². The zero-order chi connectivity index (χ0) is 22.1. The van der Waals surface area contributed by atoms with Crippen molar-refractivity contribution < 1.29 is 19.5 Å². The van der Waals surface area contributed by atoms with Crippen molar-refractivity contribution in [3.63, 3.8) is 0 Å². The Hall–Kier alpha value is -3.35. The van der Waals surface area contributed by atoms with Gasteiger partial charge in [0.15, 0.2) is 0 Å². The summed E-state index contributed by atoms with van der Waals surface area (Å²) in [5, 5.41) is 9.91. The monoisotopic (exact) mass is 436 g/mol. The van der Waals surface area contributed by atoms with Gasteiger partial charge in [-0.2, -0.15) is 4.98 Å². The van der Waals surface area contributed by atoms with Gasteiger partial charge in [-0.1, -0.05) is 41.9 Å². The standard InChI is InChI=1S/C24H22ClN3O3/c1-14-4-9-17(10-18(14)23(29)30)31-24-26-21-11-19(20(25)12-22(21)27-24)16-7-5-15(6-8-16)13-28(2)3/h4-12H,13H2,1-3H3,(H,26,27)(H,29,30)/p+1. The Kier molecular flexibility index (Phi) is 5.67. The summed E-state index contributed by atoms with van der Waals surface area (Å²) in [4.78, 5) is 20.3. The molecule has 0 aliphatic heterocycles. The SMILES string of the molecule is Cc1ccc(Oc2nc3cc(-c4ccc(C[NH+](C)C)cc4)c(Cl)cc3[nH]2)cc1C(=O)O. The molecule has 0 radical (unpaired) electrons. The molecule has 3 N–H and O–H groups in total. The first-order valence-corrected chi connectivity index (χ1v) is 10.3. The maximum atomic E-state index is 11.4. The molecule has 0 saturated heterocycles. The highest BCUT2D eigenvalue weighted by Gasteiger charge is 2.13. The van der Waals surface area contributed by atoms with Crippen molar-refractivity contribution in [1.82, 2.24) is 9.97 Å². The minimum absolute atomic E-state index is 0.193. The summed E-state index contributed by atoms with van der Waals surface area (Å²) >= 11 is 6.55. The van der Waals surface area contributed by atoms with E-state index in [0.29, 0.717) is 21.9 Å². The number of carbonyl (C=O) groups is 1. The molecule has 31 heavy (non-hydrogen) atoms. The Morgan fingerprint density at radius 1 is 1.13 bits per heavy atom. The van der Waals surface area contributed by atoms with Crippen molar-refractivity contribution >= 4 is 28.6 Å². The number of hydrogen-bond donors (Lipinski definition) is 3. The lowest BCUT2D eigenvalue weighted by Crippen LogP contribution is -3.04. The van der Waals surface area contributed by atoms with E-state index in [2.05, 4.69) is 48.3 Å². The van der Waals surface area contributed by atoms with Crippen molar-refractivity contribution in [1.29, 1.82) is 0 Å². The van der Waals surface area contributed by atoms with E-state index < -0.39 is 5.97 Å². The van der Waals surface area contributed by atoms with E-state index in [0.717, 1.165) is 23.2 Å². The normalized spacial score (nSPS) is 11.3. The number of fused-ring (bicyclic) bond motifs is 1. The van der Waals surface area contributed by atoms with Crippen LogP contribution < -0.4 is 9.64 Å². The van der Waals surface area contributed by atoms with E-state index in [4.69, 9.17) is 16.3 Å². The first-order chi connectivity index (χ1) is 14.8. The van der Waals surface area contributed by atoms with Gasteiger partial charge in [-0.15, -0.1) is 0 Å². The molecular formula is C24H23ClN3O3+. The smallest absolute Gasteiger partial charge is 0.336 e. The lowest BCUT2D eigenvalue weighted by molar-refractivity contribution is -0.872. The number of carboxylic acids is 1. The molecule has 0 fully saturated rings. The van der Waals surface area contributed by atoms with Crippen molar-refractivity contribution in [2.45, 2.75) is 13.5 Å². The van der Waals surface area contributed by atoms with Gasteiger partial charge >= 0.3 is 5.97 Å². The summed E-state index contributed by atoms with van der Waals surface area (Å²) < 4.78 is 5.77. The van der Waals surface area contributed by atoms with Crippen LogP contribution >= 0.6 is 11.6 Å². The van der Waals surface area contributed by atoms with Crippen LogP contribution in [0, 0.1) is 6.92 Å². The van der Waals surface area contributed by atoms with Gasteiger partial charge in [0, 0.05) is 11.1 Å². The number of nitrogens with one attached hydrogen (secondary N) is 2. The lowest BCUT2D eigenvalue weighted by Gasteiger charge is -2.09. The largest absolute Gasteiger partial charge is 0.478 e. The Morgan fingerprint density at radius 2 is 1.87 bits per heavy atom. The lowest BCUT2D eigenvalue weighted by atomic mass is 10.0. The number of aromatic carboxylic acids is 1. The van der Waals surface area contributed by atoms with E-state index in [1.807, 2.05) is 12.1 Å². The Balaban J connectivity index is 1.63. The molecule has 158 valence electrons.